The fraction of sp³-hybridized carbons (Fsp3) is 0.222. The van der Waals surface area contributed by atoms with Crippen LogP contribution in [0.25, 0.3) is 0 Å². The van der Waals surface area contributed by atoms with Crippen molar-refractivity contribution in [3.63, 3.8) is 0 Å². The lowest BCUT2D eigenvalue weighted by Gasteiger charge is -2.20. The average molecular weight is 445 g/mol. The Labute approximate surface area is 171 Å². The summed E-state index contributed by atoms with van der Waals surface area (Å²) in [7, 11) is 1.26. The molecule has 1 aromatic heterocycles. The Morgan fingerprint density at radius 1 is 1.16 bits per heavy atom. The number of rotatable bonds is 5. The summed E-state index contributed by atoms with van der Waals surface area (Å²) in [6.45, 7) is -0.794. The van der Waals surface area contributed by atoms with Crippen molar-refractivity contribution in [3.05, 3.63) is 52.7 Å². The number of likely N-dealkylation sites (N-methyl/N-ethyl adjacent to an activating group) is 1. The number of benzene rings is 1. The maximum absolute atomic E-state index is 13.1. The molecule has 0 fully saturated rings. The molecular formula is C18H13F6N5O2. The molecular weight excluding hydrogens is 432 g/mol. The minimum atomic E-state index is -5.26. The standard InChI is InChI=1S/C18H13F6N5O2/c1-29(10-4-2-3-9(5-10)15(26)31)14(30)8-27-16-11(7-25)12(17(19,20)21)6-13(28-16)18(22,23)24/h2-6H,8H2,1H3,(H2,26,31)(H,27,28). The van der Waals surface area contributed by atoms with Gasteiger partial charge in [0, 0.05) is 18.3 Å². The minimum absolute atomic E-state index is 0.0752. The number of nitriles is 1. The average Bonchev–Trinajstić information content (AvgIpc) is 2.69. The Morgan fingerprint density at radius 2 is 1.81 bits per heavy atom. The fourth-order valence-corrected chi connectivity index (χ4v) is 2.44. The molecule has 2 aromatic rings. The Kier molecular flexibility index (Phi) is 6.44. The molecule has 31 heavy (non-hydrogen) atoms. The summed E-state index contributed by atoms with van der Waals surface area (Å²) in [6.07, 6.45) is -10.5. The van der Waals surface area contributed by atoms with E-state index >= 15 is 0 Å². The van der Waals surface area contributed by atoms with Crippen LogP contribution < -0.4 is 16.0 Å². The molecule has 2 rings (SSSR count). The van der Waals surface area contributed by atoms with E-state index in [1.807, 2.05) is 0 Å². The van der Waals surface area contributed by atoms with Gasteiger partial charge in [-0.1, -0.05) is 6.07 Å². The van der Waals surface area contributed by atoms with Crippen LogP contribution in [0.3, 0.4) is 0 Å². The summed E-state index contributed by atoms with van der Waals surface area (Å²) in [4.78, 5) is 27.6. The lowest BCUT2D eigenvalue weighted by atomic mass is 10.1. The predicted octanol–water partition coefficient (Wildman–Crippen LogP) is 3.16. The summed E-state index contributed by atoms with van der Waals surface area (Å²) in [5.41, 5.74) is 0.508. The molecule has 164 valence electrons. The molecule has 3 N–H and O–H groups in total. The smallest absolute Gasteiger partial charge is 0.366 e. The number of primary amides is 1. The molecule has 0 aliphatic rings. The zero-order valence-electron chi connectivity index (χ0n) is 15.6. The number of nitrogens with one attached hydrogen (secondary N) is 1. The summed E-state index contributed by atoms with van der Waals surface area (Å²) >= 11 is 0. The van der Waals surface area contributed by atoms with Crippen LogP contribution in [-0.4, -0.2) is 30.4 Å². The van der Waals surface area contributed by atoms with Gasteiger partial charge >= 0.3 is 12.4 Å². The van der Waals surface area contributed by atoms with E-state index in [-0.39, 0.29) is 17.3 Å². The molecule has 13 heteroatoms. The number of hydrogen-bond acceptors (Lipinski definition) is 5. The van der Waals surface area contributed by atoms with Gasteiger partial charge in [-0.3, -0.25) is 9.59 Å². The van der Waals surface area contributed by atoms with Gasteiger partial charge in [0.05, 0.1) is 12.1 Å². The molecule has 0 atom stereocenters. The number of halogens is 6. The number of carbonyl (C=O) groups is 2. The molecule has 0 bridgehead atoms. The van der Waals surface area contributed by atoms with E-state index < -0.39 is 53.4 Å². The zero-order valence-corrected chi connectivity index (χ0v) is 15.6. The highest BCUT2D eigenvalue weighted by Crippen LogP contribution is 2.38. The molecule has 0 spiro atoms. The van der Waals surface area contributed by atoms with E-state index in [9.17, 15) is 35.9 Å². The molecule has 0 unspecified atom stereocenters. The molecule has 2 amide bonds. The molecule has 7 nitrogen and oxygen atoms in total. The lowest BCUT2D eigenvalue weighted by molar-refractivity contribution is -0.145. The number of pyridine rings is 1. The van der Waals surface area contributed by atoms with Crippen LogP contribution in [0.1, 0.15) is 27.2 Å². The molecule has 0 saturated heterocycles. The number of nitrogens with zero attached hydrogens (tertiary/aromatic N) is 3. The van der Waals surface area contributed by atoms with Gasteiger partial charge in [-0.15, -0.1) is 0 Å². The van der Waals surface area contributed by atoms with Gasteiger partial charge in [0.1, 0.15) is 23.1 Å². The first kappa shape index (κ1) is 23.5. The Balaban J connectivity index is 2.35. The van der Waals surface area contributed by atoms with Gasteiger partial charge in [-0.2, -0.15) is 31.6 Å². The Hall–Kier alpha value is -3.82. The fourth-order valence-electron chi connectivity index (χ4n) is 2.44. The van der Waals surface area contributed by atoms with E-state index in [1.165, 1.54) is 37.4 Å². The maximum atomic E-state index is 13.1. The van der Waals surface area contributed by atoms with Gasteiger partial charge in [-0.25, -0.2) is 4.98 Å². The number of amides is 2. The highest BCUT2D eigenvalue weighted by atomic mass is 19.4. The van der Waals surface area contributed by atoms with E-state index in [2.05, 4.69) is 10.3 Å². The first-order valence-electron chi connectivity index (χ1n) is 8.25. The van der Waals surface area contributed by atoms with Crippen molar-refractivity contribution in [2.75, 3.05) is 23.8 Å². The van der Waals surface area contributed by atoms with Crippen molar-refractivity contribution >= 4 is 23.3 Å². The lowest BCUT2D eigenvalue weighted by Crippen LogP contribution is -2.33. The largest absolute Gasteiger partial charge is 0.433 e. The van der Waals surface area contributed by atoms with Crippen molar-refractivity contribution in [2.24, 2.45) is 5.73 Å². The van der Waals surface area contributed by atoms with Gasteiger partial charge in [0.25, 0.3) is 0 Å². The predicted molar refractivity (Wildman–Crippen MR) is 95.8 cm³/mol. The summed E-state index contributed by atoms with van der Waals surface area (Å²) < 4.78 is 78.4. The van der Waals surface area contributed by atoms with Crippen molar-refractivity contribution in [1.82, 2.24) is 4.98 Å². The number of carbonyl (C=O) groups excluding carboxylic acids is 2. The van der Waals surface area contributed by atoms with E-state index in [0.717, 1.165) is 4.90 Å². The van der Waals surface area contributed by atoms with Crippen molar-refractivity contribution in [1.29, 1.82) is 5.26 Å². The third kappa shape index (κ3) is 5.41. The van der Waals surface area contributed by atoms with Crippen LogP contribution in [0.15, 0.2) is 30.3 Å². The quantitative estimate of drug-likeness (QED) is 0.687. The van der Waals surface area contributed by atoms with Crippen LogP contribution in [0.5, 0.6) is 0 Å². The van der Waals surface area contributed by atoms with Crippen LogP contribution in [0, 0.1) is 11.3 Å². The molecule has 0 aliphatic carbocycles. The number of hydrogen-bond donors (Lipinski definition) is 2. The highest BCUT2D eigenvalue weighted by Gasteiger charge is 2.41. The third-order valence-corrected chi connectivity index (χ3v) is 4.03. The minimum Gasteiger partial charge on any atom is -0.366 e. The molecule has 1 aromatic carbocycles. The third-order valence-electron chi connectivity index (χ3n) is 4.03. The summed E-state index contributed by atoms with van der Waals surface area (Å²) in [5, 5.41) is 11.1. The highest BCUT2D eigenvalue weighted by molar-refractivity contribution is 5.98. The maximum Gasteiger partial charge on any atom is 0.433 e. The first-order chi connectivity index (χ1) is 14.3. The van der Waals surface area contributed by atoms with Crippen LogP contribution in [0.2, 0.25) is 0 Å². The second kappa shape index (κ2) is 8.50. The molecule has 1 heterocycles. The van der Waals surface area contributed by atoms with E-state index in [1.54, 1.807) is 0 Å². The topological polar surface area (TPSA) is 112 Å². The Morgan fingerprint density at radius 3 is 2.32 bits per heavy atom. The monoisotopic (exact) mass is 445 g/mol. The van der Waals surface area contributed by atoms with Crippen molar-refractivity contribution < 1.29 is 35.9 Å². The van der Waals surface area contributed by atoms with Crippen LogP contribution in [0.4, 0.5) is 37.8 Å². The first-order valence-corrected chi connectivity index (χ1v) is 8.25. The van der Waals surface area contributed by atoms with Crippen molar-refractivity contribution in [2.45, 2.75) is 12.4 Å². The van der Waals surface area contributed by atoms with Crippen LogP contribution in [-0.2, 0) is 17.1 Å². The van der Waals surface area contributed by atoms with Crippen molar-refractivity contribution in [3.8, 4) is 6.07 Å². The van der Waals surface area contributed by atoms with Gasteiger partial charge < -0.3 is 16.0 Å². The SMILES string of the molecule is CN(C(=O)CNc1nc(C(F)(F)F)cc(C(F)(F)F)c1C#N)c1cccc(C(N)=O)c1. The summed E-state index contributed by atoms with van der Waals surface area (Å²) in [5.74, 6) is -2.62. The second-order valence-corrected chi connectivity index (χ2v) is 6.11. The number of anilines is 2. The van der Waals surface area contributed by atoms with Crippen LogP contribution >= 0.6 is 0 Å². The Bertz CT molecular complexity index is 1060. The molecule has 0 radical (unpaired) electrons. The van der Waals surface area contributed by atoms with Gasteiger partial charge in [-0.05, 0) is 24.3 Å². The van der Waals surface area contributed by atoms with Gasteiger partial charge in [0.15, 0.2) is 0 Å². The zero-order chi connectivity index (χ0) is 23.6. The van der Waals surface area contributed by atoms with E-state index in [0.29, 0.717) is 0 Å². The molecule has 0 saturated carbocycles. The number of nitrogens with two attached hydrogens (primary N) is 1. The molecule has 0 aliphatic heterocycles. The second-order valence-electron chi connectivity index (χ2n) is 6.11. The number of aromatic nitrogens is 1. The van der Waals surface area contributed by atoms with E-state index in [4.69, 9.17) is 11.0 Å². The number of alkyl halides is 6. The normalized spacial score (nSPS) is 11.5. The van der Waals surface area contributed by atoms with Gasteiger partial charge in [0.2, 0.25) is 11.8 Å². The summed E-state index contributed by atoms with van der Waals surface area (Å²) in [6, 6.07) is 6.39.